The average Bonchev–Trinajstić information content (AvgIpc) is 3.20. The van der Waals surface area contributed by atoms with Gasteiger partial charge in [-0.2, -0.15) is 13.2 Å². The quantitative estimate of drug-likeness (QED) is 0.203. The number of carbonyl (C=O) groups is 1. The molecule has 0 aliphatic heterocycles. The molecule has 0 spiro atoms. The monoisotopic (exact) mass is 537 g/mol. The minimum atomic E-state index is -4.36. The molecule has 0 radical (unpaired) electrons. The molecule has 0 bridgehead atoms. The van der Waals surface area contributed by atoms with E-state index in [1.54, 1.807) is 32.5 Å². The van der Waals surface area contributed by atoms with Gasteiger partial charge in [0.15, 0.2) is 5.60 Å². The zero-order chi connectivity index (χ0) is 26.7. The summed E-state index contributed by atoms with van der Waals surface area (Å²) < 4.78 is 49.8. The van der Waals surface area contributed by atoms with Crippen molar-refractivity contribution in [2.45, 2.75) is 69.9 Å². The SMILES string of the molecule is CCOC(=O)C(C)(C)Oc1ccc(SC(CC)c2sc(-c3ccc(C(F)(F)F)cc3)nc2C)cc1C. The van der Waals surface area contributed by atoms with E-state index >= 15 is 0 Å². The van der Waals surface area contributed by atoms with Crippen LogP contribution in [0, 0.1) is 13.8 Å². The van der Waals surface area contributed by atoms with Crippen molar-refractivity contribution < 1.29 is 27.4 Å². The Labute approximate surface area is 218 Å². The average molecular weight is 538 g/mol. The molecule has 0 N–H and O–H groups in total. The molecule has 1 aromatic heterocycles. The Balaban J connectivity index is 1.78. The third kappa shape index (κ3) is 6.62. The van der Waals surface area contributed by atoms with Crippen LogP contribution in [0.3, 0.4) is 0 Å². The summed E-state index contributed by atoms with van der Waals surface area (Å²) in [6.45, 7) is 11.4. The molecule has 3 aromatic rings. The van der Waals surface area contributed by atoms with E-state index in [1.807, 2.05) is 32.0 Å². The van der Waals surface area contributed by atoms with Crippen LogP contribution in [0.2, 0.25) is 0 Å². The van der Waals surface area contributed by atoms with E-state index in [9.17, 15) is 18.0 Å². The highest BCUT2D eigenvalue weighted by atomic mass is 32.2. The van der Waals surface area contributed by atoms with Crippen LogP contribution in [0.4, 0.5) is 13.2 Å². The molecule has 0 amide bonds. The van der Waals surface area contributed by atoms with Crippen LogP contribution in [0.5, 0.6) is 5.75 Å². The van der Waals surface area contributed by atoms with Crippen molar-refractivity contribution in [2.24, 2.45) is 0 Å². The lowest BCUT2D eigenvalue weighted by molar-refractivity contribution is -0.158. The van der Waals surface area contributed by atoms with Crippen molar-refractivity contribution in [1.82, 2.24) is 4.98 Å². The largest absolute Gasteiger partial charge is 0.476 e. The summed E-state index contributed by atoms with van der Waals surface area (Å²) in [5.41, 5.74) is 0.676. The van der Waals surface area contributed by atoms with Crippen molar-refractivity contribution >= 4 is 29.1 Å². The molecule has 194 valence electrons. The molecule has 3 rings (SSSR count). The van der Waals surface area contributed by atoms with Gasteiger partial charge in [0.1, 0.15) is 10.8 Å². The Morgan fingerprint density at radius 3 is 2.31 bits per heavy atom. The van der Waals surface area contributed by atoms with E-state index in [0.717, 1.165) is 39.6 Å². The minimum Gasteiger partial charge on any atom is -0.476 e. The Kier molecular flexibility index (Phi) is 8.77. The van der Waals surface area contributed by atoms with Gasteiger partial charge < -0.3 is 9.47 Å². The third-order valence-corrected chi connectivity index (χ3v) is 8.36. The van der Waals surface area contributed by atoms with E-state index in [-0.39, 0.29) is 11.9 Å². The van der Waals surface area contributed by atoms with E-state index in [1.165, 1.54) is 23.5 Å². The van der Waals surface area contributed by atoms with E-state index < -0.39 is 23.3 Å². The summed E-state index contributed by atoms with van der Waals surface area (Å²) in [5.74, 6) is 0.197. The molecule has 0 saturated carbocycles. The first-order valence-electron chi connectivity index (χ1n) is 11.6. The number of halogens is 3. The normalized spacial score (nSPS) is 12.9. The highest BCUT2D eigenvalue weighted by molar-refractivity contribution is 7.99. The van der Waals surface area contributed by atoms with Crippen molar-refractivity contribution in [3.05, 3.63) is 64.2 Å². The van der Waals surface area contributed by atoms with Gasteiger partial charge in [0.25, 0.3) is 0 Å². The topological polar surface area (TPSA) is 48.4 Å². The summed E-state index contributed by atoms with van der Waals surface area (Å²) in [6, 6.07) is 11.0. The van der Waals surface area contributed by atoms with Crippen LogP contribution in [0.1, 0.15) is 61.1 Å². The molecule has 1 unspecified atom stereocenters. The van der Waals surface area contributed by atoms with Gasteiger partial charge in [-0.05, 0) is 76.9 Å². The van der Waals surface area contributed by atoms with Crippen LogP contribution in [-0.4, -0.2) is 23.2 Å². The second kappa shape index (κ2) is 11.3. The van der Waals surface area contributed by atoms with Gasteiger partial charge in [0.2, 0.25) is 0 Å². The number of aryl methyl sites for hydroxylation is 2. The van der Waals surface area contributed by atoms with Gasteiger partial charge in [-0.15, -0.1) is 23.1 Å². The maximum atomic E-state index is 12.9. The minimum absolute atomic E-state index is 0.132. The number of carbonyl (C=O) groups excluding carboxylic acids is 1. The summed E-state index contributed by atoms with van der Waals surface area (Å²) in [7, 11) is 0. The number of rotatable bonds is 9. The molecule has 0 aliphatic carbocycles. The van der Waals surface area contributed by atoms with Crippen LogP contribution in [0.15, 0.2) is 47.4 Å². The van der Waals surface area contributed by atoms with Crippen LogP contribution < -0.4 is 4.74 Å². The predicted octanol–water partition coefficient (Wildman–Crippen LogP) is 8.41. The molecule has 0 saturated heterocycles. The fourth-order valence-electron chi connectivity index (χ4n) is 3.55. The summed E-state index contributed by atoms with van der Waals surface area (Å²) in [6.07, 6.45) is -3.51. The molecule has 2 aromatic carbocycles. The lowest BCUT2D eigenvalue weighted by Crippen LogP contribution is -2.39. The maximum Gasteiger partial charge on any atom is 0.416 e. The molecular weight excluding hydrogens is 507 g/mol. The van der Waals surface area contributed by atoms with Crippen LogP contribution >= 0.6 is 23.1 Å². The molecule has 0 fully saturated rings. The van der Waals surface area contributed by atoms with Crippen molar-refractivity contribution in [3.8, 4) is 16.3 Å². The molecule has 4 nitrogen and oxygen atoms in total. The third-order valence-electron chi connectivity index (χ3n) is 5.51. The van der Waals surface area contributed by atoms with Gasteiger partial charge in [0, 0.05) is 20.6 Å². The number of aromatic nitrogens is 1. The molecule has 9 heteroatoms. The van der Waals surface area contributed by atoms with Gasteiger partial charge in [-0.25, -0.2) is 9.78 Å². The number of alkyl halides is 3. The fraction of sp³-hybridized carbons (Fsp3) is 0.407. The summed E-state index contributed by atoms with van der Waals surface area (Å²) in [4.78, 5) is 19.0. The first-order valence-corrected chi connectivity index (χ1v) is 13.3. The number of esters is 1. The zero-order valence-corrected chi connectivity index (χ0v) is 22.8. The maximum absolute atomic E-state index is 12.9. The number of ether oxygens (including phenoxy) is 2. The second-order valence-electron chi connectivity index (χ2n) is 8.82. The fourth-order valence-corrected chi connectivity index (χ4v) is 6.14. The first kappa shape index (κ1) is 28.1. The van der Waals surface area contributed by atoms with E-state index in [0.29, 0.717) is 16.3 Å². The molecule has 1 atom stereocenters. The lowest BCUT2D eigenvalue weighted by atomic mass is 10.1. The Morgan fingerprint density at radius 2 is 1.75 bits per heavy atom. The molecule has 1 heterocycles. The van der Waals surface area contributed by atoms with Gasteiger partial charge in [-0.3, -0.25) is 0 Å². The van der Waals surface area contributed by atoms with E-state index in [2.05, 4.69) is 11.9 Å². The zero-order valence-electron chi connectivity index (χ0n) is 21.2. The van der Waals surface area contributed by atoms with Gasteiger partial charge in [0.05, 0.1) is 17.9 Å². The van der Waals surface area contributed by atoms with Crippen molar-refractivity contribution in [2.75, 3.05) is 6.61 Å². The highest BCUT2D eigenvalue weighted by Crippen LogP contribution is 2.44. The Morgan fingerprint density at radius 1 is 1.08 bits per heavy atom. The van der Waals surface area contributed by atoms with Crippen LogP contribution in [0.25, 0.3) is 10.6 Å². The Hall–Kier alpha value is -2.52. The predicted molar refractivity (Wildman–Crippen MR) is 139 cm³/mol. The Bertz CT molecular complexity index is 1200. The molecular formula is C27H30F3NO3S2. The van der Waals surface area contributed by atoms with Gasteiger partial charge in [-0.1, -0.05) is 19.1 Å². The van der Waals surface area contributed by atoms with Crippen molar-refractivity contribution in [1.29, 1.82) is 0 Å². The summed E-state index contributed by atoms with van der Waals surface area (Å²) >= 11 is 3.21. The second-order valence-corrected chi connectivity index (χ2v) is 11.1. The highest BCUT2D eigenvalue weighted by Gasteiger charge is 2.32. The summed E-state index contributed by atoms with van der Waals surface area (Å²) in [5, 5.41) is 0.837. The molecule has 0 aliphatic rings. The standard InChI is InChI=1S/C27H30F3NO3S2/c1-7-22(23-17(4)31-24(36-23)18-9-11-19(12-10-18)27(28,29)30)35-20-13-14-21(16(3)15-20)34-26(5,6)25(32)33-8-2/h9-15,22H,7-8H2,1-6H3. The van der Waals surface area contributed by atoms with Crippen LogP contribution in [-0.2, 0) is 15.7 Å². The van der Waals surface area contributed by atoms with E-state index in [4.69, 9.17) is 9.47 Å². The smallest absolute Gasteiger partial charge is 0.416 e. The first-order chi connectivity index (χ1) is 16.9. The number of thiazole rings is 1. The van der Waals surface area contributed by atoms with Gasteiger partial charge >= 0.3 is 12.1 Å². The lowest BCUT2D eigenvalue weighted by Gasteiger charge is -2.25. The molecule has 36 heavy (non-hydrogen) atoms. The number of nitrogens with zero attached hydrogens (tertiary/aromatic N) is 1. The number of thioether (sulfide) groups is 1. The number of hydrogen-bond acceptors (Lipinski definition) is 6. The van der Waals surface area contributed by atoms with Crippen molar-refractivity contribution in [3.63, 3.8) is 0 Å². The number of hydrogen-bond donors (Lipinski definition) is 0. The number of benzene rings is 2.